The summed E-state index contributed by atoms with van der Waals surface area (Å²) in [6.07, 6.45) is 2.12. The molecule has 1 N–H and O–H groups in total. The van der Waals surface area contributed by atoms with Crippen LogP contribution in [-0.4, -0.2) is 38.9 Å². The minimum atomic E-state index is 0.579. The lowest BCUT2D eigenvalue weighted by molar-refractivity contribution is 0.297. The molecule has 4 heteroatoms. The van der Waals surface area contributed by atoms with E-state index in [0.29, 0.717) is 12.0 Å². The lowest BCUT2D eigenvalue weighted by Crippen LogP contribution is -2.42. The van der Waals surface area contributed by atoms with E-state index in [1.165, 1.54) is 12.1 Å². The maximum absolute atomic E-state index is 5.82. The Hall–Kier alpha value is -1.42. The number of rotatable bonds is 1. The first kappa shape index (κ1) is 14.5. The van der Waals surface area contributed by atoms with Crippen LogP contribution in [0.5, 0.6) is 11.5 Å². The van der Waals surface area contributed by atoms with E-state index in [0.717, 1.165) is 50.8 Å². The molecule has 1 fully saturated rings. The molecule has 1 aromatic carbocycles. The quantitative estimate of drug-likeness (QED) is 0.862. The van der Waals surface area contributed by atoms with Crippen molar-refractivity contribution in [2.45, 2.75) is 32.7 Å². The largest absolute Gasteiger partial charge is 0.490 e. The molecule has 2 aliphatic rings. The first-order valence-electron chi connectivity index (χ1n) is 8.10. The molecule has 0 radical (unpaired) electrons. The van der Waals surface area contributed by atoms with Crippen molar-refractivity contribution in [3.05, 3.63) is 18.2 Å². The molecule has 2 aliphatic heterocycles. The van der Waals surface area contributed by atoms with Gasteiger partial charge in [-0.05, 0) is 37.9 Å². The Morgan fingerprint density at radius 1 is 1.14 bits per heavy atom. The predicted molar refractivity (Wildman–Crippen MR) is 85.5 cm³/mol. The Balaban J connectivity index is 1.79. The summed E-state index contributed by atoms with van der Waals surface area (Å²) in [6.45, 7) is 9.31. The Kier molecular flexibility index (Phi) is 4.54. The standard InChI is InChI=1S/C17H26N2O2/c1-13-11-18-14(2)6-7-19(12-13)15-4-5-16-17(10-15)21-9-3-8-20-16/h4-5,10,13-14,18H,3,6-9,11-12H2,1-2H3. The fourth-order valence-corrected chi connectivity index (χ4v) is 2.97. The van der Waals surface area contributed by atoms with Crippen LogP contribution in [0, 0.1) is 5.92 Å². The molecular formula is C17H26N2O2. The molecule has 4 nitrogen and oxygen atoms in total. The van der Waals surface area contributed by atoms with Crippen molar-refractivity contribution in [2.75, 3.05) is 37.7 Å². The average Bonchev–Trinajstić information content (AvgIpc) is 2.72. The van der Waals surface area contributed by atoms with Crippen LogP contribution in [0.15, 0.2) is 18.2 Å². The average molecular weight is 290 g/mol. The van der Waals surface area contributed by atoms with Gasteiger partial charge in [0.25, 0.3) is 0 Å². The summed E-state index contributed by atoms with van der Waals surface area (Å²) in [5.41, 5.74) is 1.25. The van der Waals surface area contributed by atoms with Crippen molar-refractivity contribution in [3.63, 3.8) is 0 Å². The van der Waals surface area contributed by atoms with E-state index in [1.807, 2.05) is 0 Å². The van der Waals surface area contributed by atoms with Crippen molar-refractivity contribution in [3.8, 4) is 11.5 Å². The minimum Gasteiger partial charge on any atom is -0.490 e. The summed E-state index contributed by atoms with van der Waals surface area (Å²) in [6, 6.07) is 6.95. The van der Waals surface area contributed by atoms with Crippen molar-refractivity contribution >= 4 is 5.69 Å². The molecule has 1 aromatic rings. The summed E-state index contributed by atoms with van der Waals surface area (Å²) >= 11 is 0. The van der Waals surface area contributed by atoms with Gasteiger partial charge in [-0.2, -0.15) is 0 Å². The molecule has 0 aromatic heterocycles. The highest BCUT2D eigenvalue weighted by Crippen LogP contribution is 2.34. The molecule has 0 spiro atoms. The number of hydrogen-bond acceptors (Lipinski definition) is 4. The zero-order chi connectivity index (χ0) is 14.7. The zero-order valence-electron chi connectivity index (χ0n) is 13.1. The summed E-state index contributed by atoms with van der Waals surface area (Å²) < 4.78 is 11.5. The van der Waals surface area contributed by atoms with Crippen molar-refractivity contribution in [1.29, 1.82) is 0 Å². The highest BCUT2D eigenvalue weighted by Gasteiger charge is 2.19. The molecule has 21 heavy (non-hydrogen) atoms. The third-order valence-electron chi connectivity index (χ3n) is 4.28. The zero-order valence-corrected chi connectivity index (χ0v) is 13.1. The Bertz CT molecular complexity index is 478. The second-order valence-corrected chi connectivity index (χ2v) is 6.33. The molecular weight excluding hydrogens is 264 g/mol. The molecule has 2 atom stereocenters. The Labute approximate surface area is 127 Å². The molecule has 116 valence electrons. The van der Waals surface area contributed by atoms with Gasteiger partial charge in [0.15, 0.2) is 11.5 Å². The van der Waals surface area contributed by atoms with Gasteiger partial charge in [0.2, 0.25) is 0 Å². The van der Waals surface area contributed by atoms with Gasteiger partial charge in [-0.15, -0.1) is 0 Å². The first-order chi connectivity index (χ1) is 10.2. The maximum Gasteiger partial charge on any atom is 0.163 e. The van der Waals surface area contributed by atoms with Gasteiger partial charge < -0.3 is 19.7 Å². The number of anilines is 1. The van der Waals surface area contributed by atoms with Crippen LogP contribution >= 0.6 is 0 Å². The van der Waals surface area contributed by atoms with Gasteiger partial charge in [0.05, 0.1) is 13.2 Å². The smallest absolute Gasteiger partial charge is 0.163 e. The number of ether oxygens (including phenoxy) is 2. The predicted octanol–water partition coefficient (Wildman–Crippen LogP) is 2.67. The SMILES string of the molecule is CC1CNC(C)CCN(c2ccc3c(c2)OCCCO3)C1. The molecule has 0 bridgehead atoms. The third kappa shape index (κ3) is 3.62. The Morgan fingerprint density at radius 2 is 1.95 bits per heavy atom. The minimum absolute atomic E-state index is 0.579. The fourth-order valence-electron chi connectivity index (χ4n) is 2.97. The number of hydrogen-bond donors (Lipinski definition) is 1. The second kappa shape index (κ2) is 6.56. The van der Waals surface area contributed by atoms with Crippen LogP contribution < -0.4 is 19.7 Å². The maximum atomic E-state index is 5.82. The van der Waals surface area contributed by atoms with E-state index in [9.17, 15) is 0 Å². The van der Waals surface area contributed by atoms with Crippen LogP contribution in [0.3, 0.4) is 0 Å². The van der Waals surface area contributed by atoms with Gasteiger partial charge >= 0.3 is 0 Å². The van der Waals surface area contributed by atoms with Crippen LogP contribution in [0.2, 0.25) is 0 Å². The normalized spacial score (nSPS) is 26.7. The van der Waals surface area contributed by atoms with E-state index < -0.39 is 0 Å². The van der Waals surface area contributed by atoms with E-state index in [2.05, 4.69) is 42.3 Å². The number of benzene rings is 1. The van der Waals surface area contributed by atoms with Crippen LogP contribution in [0.25, 0.3) is 0 Å². The topological polar surface area (TPSA) is 33.7 Å². The molecule has 1 saturated heterocycles. The van der Waals surface area contributed by atoms with E-state index in [-0.39, 0.29) is 0 Å². The number of fused-ring (bicyclic) bond motifs is 1. The third-order valence-corrected chi connectivity index (χ3v) is 4.28. The fraction of sp³-hybridized carbons (Fsp3) is 0.647. The van der Waals surface area contributed by atoms with Gasteiger partial charge in [-0.25, -0.2) is 0 Å². The molecule has 2 unspecified atom stereocenters. The van der Waals surface area contributed by atoms with Crippen molar-refractivity contribution in [1.82, 2.24) is 5.32 Å². The van der Waals surface area contributed by atoms with E-state index in [1.54, 1.807) is 0 Å². The number of nitrogens with zero attached hydrogens (tertiary/aromatic N) is 1. The monoisotopic (exact) mass is 290 g/mol. The molecule has 0 aliphatic carbocycles. The number of nitrogens with one attached hydrogen (secondary N) is 1. The van der Waals surface area contributed by atoms with Crippen LogP contribution in [0.4, 0.5) is 5.69 Å². The van der Waals surface area contributed by atoms with Gasteiger partial charge in [0, 0.05) is 37.3 Å². The summed E-state index contributed by atoms with van der Waals surface area (Å²) in [5.74, 6) is 2.42. The summed E-state index contributed by atoms with van der Waals surface area (Å²) in [7, 11) is 0. The Morgan fingerprint density at radius 3 is 2.81 bits per heavy atom. The lowest BCUT2D eigenvalue weighted by Gasteiger charge is -2.33. The van der Waals surface area contributed by atoms with Gasteiger partial charge in [-0.1, -0.05) is 6.92 Å². The summed E-state index contributed by atoms with van der Waals surface area (Å²) in [5, 5.41) is 3.59. The highest BCUT2D eigenvalue weighted by molar-refractivity contribution is 5.56. The molecule has 2 heterocycles. The van der Waals surface area contributed by atoms with Gasteiger partial charge in [-0.3, -0.25) is 0 Å². The molecule has 0 amide bonds. The second-order valence-electron chi connectivity index (χ2n) is 6.33. The summed E-state index contributed by atoms with van der Waals surface area (Å²) in [4.78, 5) is 2.48. The molecule has 0 saturated carbocycles. The van der Waals surface area contributed by atoms with Gasteiger partial charge in [0.1, 0.15) is 0 Å². The van der Waals surface area contributed by atoms with E-state index in [4.69, 9.17) is 9.47 Å². The highest BCUT2D eigenvalue weighted by atomic mass is 16.5. The van der Waals surface area contributed by atoms with Crippen molar-refractivity contribution < 1.29 is 9.47 Å². The van der Waals surface area contributed by atoms with Crippen molar-refractivity contribution in [2.24, 2.45) is 5.92 Å². The van der Waals surface area contributed by atoms with E-state index >= 15 is 0 Å². The lowest BCUT2D eigenvalue weighted by atomic mass is 10.1. The van der Waals surface area contributed by atoms with Crippen LogP contribution in [0.1, 0.15) is 26.7 Å². The first-order valence-corrected chi connectivity index (χ1v) is 8.10. The molecule has 3 rings (SSSR count). The van der Waals surface area contributed by atoms with Crippen LogP contribution in [-0.2, 0) is 0 Å².